The molecule has 2 aromatic rings. The third kappa shape index (κ3) is 3.19. The Balaban J connectivity index is 2.21. The summed E-state index contributed by atoms with van der Waals surface area (Å²) in [6.45, 7) is 5.19. The van der Waals surface area contributed by atoms with Crippen LogP contribution in [0.3, 0.4) is 0 Å². The molecular formula is C15H12OS2. The smallest absolute Gasteiger partial charge is 0.135 e. The van der Waals surface area contributed by atoms with Crippen LogP contribution in [0.1, 0.15) is 16.7 Å². The number of carbonyl (C=O) groups is 1. The number of Topliss-reactive ketones (excluding diaryl/α,β-unsaturated/α-hetero) is 1. The van der Waals surface area contributed by atoms with Gasteiger partial charge in [0.25, 0.3) is 0 Å². The normalized spacial score (nSPS) is 9.61. The van der Waals surface area contributed by atoms with Gasteiger partial charge in [-0.25, -0.2) is 0 Å². The van der Waals surface area contributed by atoms with E-state index in [0.29, 0.717) is 6.42 Å². The molecule has 0 fully saturated rings. The molecular weight excluding hydrogens is 260 g/mol. The summed E-state index contributed by atoms with van der Waals surface area (Å²) < 4.78 is 0. The molecule has 0 aromatic carbocycles. The largest absolute Gasteiger partial charge is 0.300 e. The lowest BCUT2D eigenvalue weighted by molar-refractivity contribution is -0.116. The first-order chi connectivity index (χ1) is 8.69. The van der Waals surface area contributed by atoms with Crippen LogP contribution < -0.4 is 0 Å². The van der Waals surface area contributed by atoms with E-state index < -0.39 is 0 Å². The number of thiophene rings is 2. The maximum Gasteiger partial charge on any atom is 0.135 e. The summed E-state index contributed by atoms with van der Waals surface area (Å²) in [4.78, 5) is 15.6. The third-order valence-electron chi connectivity index (χ3n) is 2.23. The van der Waals surface area contributed by atoms with Gasteiger partial charge in [-0.1, -0.05) is 18.4 Å². The minimum absolute atomic E-state index is 0.201. The molecule has 0 N–H and O–H groups in total. The van der Waals surface area contributed by atoms with E-state index in [-0.39, 0.29) is 5.78 Å². The lowest BCUT2D eigenvalue weighted by atomic mass is 10.2. The van der Waals surface area contributed by atoms with Crippen molar-refractivity contribution in [1.29, 1.82) is 0 Å². The van der Waals surface area contributed by atoms with Crippen LogP contribution in [0.2, 0.25) is 0 Å². The minimum atomic E-state index is 0.201. The van der Waals surface area contributed by atoms with Crippen molar-refractivity contribution in [3.8, 4) is 21.6 Å². The lowest BCUT2D eigenvalue weighted by Gasteiger charge is -1.90. The summed E-state index contributed by atoms with van der Waals surface area (Å²) in [5, 5.41) is 0. The molecule has 0 atom stereocenters. The van der Waals surface area contributed by atoms with Crippen LogP contribution in [0.4, 0.5) is 0 Å². The van der Waals surface area contributed by atoms with E-state index in [1.54, 1.807) is 35.7 Å². The molecule has 2 rings (SSSR count). The van der Waals surface area contributed by atoms with E-state index >= 15 is 0 Å². The van der Waals surface area contributed by atoms with Gasteiger partial charge in [-0.2, -0.15) is 0 Å². The zero-order valence-corrected chi connectivity index (χ0v) is 11.7. The quantitative estimate of drug-likeness (QED) is 0.767. The lowest BCUT2D eigenvalue weighted by Crippen LogP contribution is -1.92. The fourth-order valence-electron chi connectivity index (χ4n) is 1.51. The van der Waals surface area contributed by atoms with Crippen molar-refractivity contribution >= 4 is 28.5 Å². The van der Waals surface area contributed by atoms with E-state index in [2.05, 4.69) is 30.6 Å². The summed E-state index contributed by atoms with van der Waals surface area (Å²) in [7, 11) is 0. The van der Waals surface area contributed by atoms with Gasteiger partial charge in [0.2, 0.25) is 0 Å². The monoisotopic (exact) mass is 272 g/mol. The molecule has 18 heavy (non-hydrogen) atoms. The Morgan fingerprint density at radius 2 is 2.00 bits per heavy atom. The summed E-state index contributed by atoms with van der Waals surface area (Å²) in [6, 6.07) is 8.18. The van der Waals surface area contributed by atoms with Gasteiger partial charge in [0.05, 0.1) is 4.88 Å². The van der Waals surface area contributed by atoms with Gasteiger partial charge in [-0.15, -0.1) is 22.7 Å². The van der Waals surface area contributed by atoms with Crippen molar-refractivity contribution in [3.05, 3.63) is 46.7 Å². The van der Waals surface area contributed by atoms with Crippen molar-refractivity contribution in [2.75, 3.05) is 0 Å². The number of ketones is 1. The van der Waals surface area contributed by atoms with Crippen molar-refractivity contribution < 1.29 is 4.79 Å². The third-order valence-corrected chi connectivity index (χ3v) is 4.51. The first-order valence-corrected chi connectivity index (χ1v) is 7.13. The minimum Gasteiger partial charge on any atom is -0.300 e. The highest BCUT2D eigenvalue weighted by Crippen LogP contribution is 2.33. The molecule has 1 nitrogen and oxygen atoms in total. The molecule has 0 radical (unpaired) electrons. The average Bonchev–Trinajstić information content (AvgIpc) is 2.94. The second-order valence-electron chi connectivity index (χ2n) is 3.78. The molecule has 0 spiro atoms. The van der Waals surface area contributed by atoms with Crippen molar-refractivity contribution in [1.82, 2.24) is 0 Å². The summed E-state index contributed by atoms with van der Waals surface area (Å²) in [6.07, 6.45) is 2.12. The highest BCUT2D eigenvalue weighted by molar-refractivity contribution is 7.22. The Morgan fingerprint density at radius 1 is 1.28 bits per heavy atom. The molecule has 0 aliphatic heterocycles. The van der Waals surface area contributed by atoms with Crippen LogP contribution >= 0.6 is 22.7 Å². The average molecular weight is 272 g/mol. The number of carbonyl (C=O) groups excluding carboxylic acids is 1. The van der Waals surface area contributed by atoms with Crippen LogP contribution in [-0.2, 0) is 11.2 Å². The highest BCUT2D eigenvalue weighted by atomic mass is 32.1. The number of hydrogen-bond acceptors (Lipinski definition) is 3. The first kappa shape index (κ1) is 12.8. The fourth-order valence-corrected chi connectivity index (χ4v) is 3.55. The Labute approximate surface area is 115 Å². The molecule has 0 aliphatic rings. The topological polar surface area (TPSA) is 17.1 Å². The number of rotatable bonds is 3. The van der Waals surface area contributed by atoms with Crippen LogP contribution in [-0.4, -0.2) is 5.78 Å². The molecule has 2 aromatic heterocycles. The first-order valence-electron chi connectivity index (χ1n) is 5.50. The molecule has 0 saturated heterocycles. The molecule has 0 saturated carbocycles. The Morgan fingerprint density at radius 3 is 2.72 bits per heavy atom. The zero-order chi connectivity index (χ0) is 13.0. The molecule has 90 valence electrons. The molecule has 0 amide bonds. The van der Waals surface area contributed by atoms with E-state index in [1.165, 1.54) is 9.75 Å². The molecule has 2 heterocycles. The standard InChI is InChI=1S/C15H12OS2/c1-3-4-5-12-6-8-14(17-12)15-9-7-13(18-15)10-11(2)16/h3,6-9H,1,10H2,2H3. The SMILES string of the molecule is C=CC#Cc1ccc(-c2ccc(CC(C)=O)s2)s1. The van der Waals surface area contributed by atoms with Gasteiger partial charge in [0.1, 0.15) is 5.78 Å². The summed E-state index contributed by atoms with van der Waals surface area (Å²) in [5.74, 6) is 6.07. The van der Waals surface area contributed by atoms with Gasteiger partial charge in [0.15, 0.2) is 0 Å². The van der Waals surface area contributed by atoms with Crippen LogP contribution in [0.5, 0.6) is 0 Å². The predicted octanol–water partition coefficient (Wildman–Crippen LogP) is 4.15. The number of allylic oxidation sites excluding steroid dienone is 1. The molecule has 0 aliphatic carbocycles. The van der Waals surface area contributed by atoms with Crippen LogP contribution in [0, 0.1) is 11.8 Å². The van der Waals surface area contributed by atoms with Gasteiger partial charge in [-0.3, -0.25) is 4.79 Å². The highest BCUT2D eigenvalue weighted by Gasteiger charge is 2.06. The maximum atomic E-state index is 11.1. The Kier molecular flexibility index (Phi) is 4.14. The fraction of sp³-hybridized carbons (Fsp3) is 0.133. The molecule has 0 bridgehead atoms. The zero-order valence-electron chi connectivity index (χ0n) is 10.0. The Hall–Kier alpha value is -1.63. The maximum absolute atomic E-state index is 11.1. The van der Waals surface area contributed by atoms with Gasteiger partial charge in [-0.05, 0) is 37.3 Å². The van der Waals surface area contributed by atoms with Crippen LogP contribution in [0.25, 0.3) is 9.75 Å². The predicted molar refractivity (Wildman–Crippen MR) is 79.1 cm³/mol. The second-order valence-corrected chi connectivity index (χ2v) is 6.03. The summed E-state index contributed by atoms with van der Waals surface area (Å²) >= 11 is 3.33. The van der Waals surface area contributed by atoms with E-state index in [1.807, 2.05) is 12.1 Å². The van der Waals surface area contributed by atoms with E-state index in [4.69, 9.17) is 0 Å². The van der Waals surface area contributed by atoms with Gasteiger partial charge >= 0.3 is 0 Å². The van der Waals surface area contributed by atoms with Crippen molar-refractivity contribution in [3.63, 3.8) is 0 Å². The number of hydrogen-bond donors (Lipinski definition) is 0. The van der Waals surface area contributed by atoms with Gasteiger partial charge in [0, 0.05) is 21.1 Å². The summed E-state index contributed by atoms with van der Waals surface area (Å²) in [5.41, 5.74) is 0. The Bertz CT molecular complexity index is 635. The van der Waals surface area contributed by atoms with Crippen molar-refractivity contribution in [2.45, 2.75) is 13.3 Å². The van der Waals surface area contributed by atoms with E-state index in [9.17, 15) is 4.79 Å². The second kappa shape index (κ2) is 5.81. The molecule has 3 heteroatoms. The van der Waals surface area contributed by atoms with Crippen LogP contribution in [0.15, 0.2) is 36.9 Å². The van der Waals surface area contributed by atoms with Gasteiger partial charge < -0.3 is 0 Å². The van der Waals surface area contributed by atoms with Crippen molar-refractivity contribution in [2.24, 2.45) is 0 Å². The van der Waals surface area contributed by atoms with E-state index in [0.717, 1.165) is 9.75 Å². The molecule has 0 unspecified atom stereocenters.